The summed E-state index contributed by atoms with van der Waals surface area (Å²) in [6, 6.07) is 6.32. The van der Waals surface area contributed by atoms with Gasteiger partial charge in [0.15, 0.2) is 0 Å². The molecular formula is C14H13ClFN3O. The lowest BCUT2D eigenvalue weighted by Crippen LogP contribution is -2.32. The van der Waals surface area contributed by atoms with Crippen molar-refractivity contribution in [2.45, 2.75) is 19.5 Å². The summed E-state index contributed by atoms with van der Waals surface area (Å²) in [6.45, 7) is 1.58. The van der Waals surface area contributed by atoms with E-state index >= 15 is 0 Å². The van der Waals surface area contributed by atoms with Crippen molar-refractivity contribution in [1.82, 2.24) is 15.1 Å². The second-order valence-corrected chi connectivity index (χ2v) is 5.16. The maximum absolute atomic E-state index is 13.9. The topological polar surface area (TPSA) is 46.9 Å². The third-order valence-electron chi connectivity index (χ3n) is 3.37. The molecule has 0 unspecified atom stereocenters. The minimum absolute atomic E-state index is 0.0534. The molecule has 3 rings (SSSR count). The maximum atomic E-state index is 13.9. The molecule has 2 aromatic rings. The smallest absolute Gasteiger partial charge is 0.267 e. The number of fused-ring (bicyclic) bond motifs is 1. The Morgan fingerprint density at radius 3 is 3.15 bits per heavy atom. The molecule has 1 aliphatic heterocycles. The zero-order chi connectivity index (χ0) is 14.1. The number of rotatable bonds is 2. The van der Waals surface area contributed by atoms with Crippen LogP contribution in [0, 0.1) is 5.82 Å². The summed E-state index contributed by atoms with van der Waals surface area (Å²) in [5.74, 6) is -0.498. The highest BCUT2D eigenvalue weighted by Crippen LogP contribution is 2.18. The van der Waals surface area contributed by atoms with Gasteiger partial charge in [-0.25, -0.2) is 9.07 Å². The number of nitrogens with one attached hydrogen (secondary N) is 1. The van der Waals surface area contributed by atoms with Gasteiger partial charge in [-0.1, -0.05) is 23.7 Å². The Morgan fingerprint density at radius 1 is 1.45 bits per heavy atom. The largest absolute Gasteiger partial charge is 0.312 e. The molecule has 0 radical (unpaired) electrons. The molecule has 2 heterocycles. The van der Waals surface area contributed by atoms with E-state index < -0.39 is 5.82 Å². The fraction of sp³-hybridized carbons (Fsp3) is 0.286. The third kappa shape index (κ3) is 2.46. The summed E-state index contributed by atoms with van der Waals surface area (Å²) >= 11 is 5.74. The predicted octanol–water partition coefficient (Wildman–Crippen LogP) is 1.73. The summed E-state index contributed by atoms with van der Waals surface area (Å²) in [6.07, 6.45) is 0.771. The van der Waals surface area contributed by atoms with E-state index in [2.05, 4.69) is 10.4 Å². The molecule has 0 spiro atoms. The van der Waals surface area contributed by atoms with Crippen LogP contribution in [0.1, 0.15) is 16.8 Å². The Balaban J connectivity index is 1.98. The van der Waals surface area contributed by atoms with Crippen LogP contribution in [0.4, 0.5) is 4.39 Å². The summed E-state index contributed by atoms with van der Waals surface area (Å²) in [7, 11) is 0. The first-order valence-corrected chi connectivity index (χ1v) is 6.76. The number of aromatic nitrogens is 2. The first-order chi connectivity index (χ1) is 9.65. The summed E-state index contributed by atoms with van der Waals surface area (Å²) < 4.78 is 15.2. The fourth-order valence-corrected chi connectivity index (χ4v) is 2.50. The van der Waals surface area contributed by atoms with Gasteiger partial charge in [0, 0.05) is 31.1 Å². The number of hydrogen-bond acceptors (Lipinski definition) is 3. The summed E-state index contributed by atoms with van der Waals surface area (Å²) in [4.78, 5) is 12.0. The summed E-state index contributed by atoms with van der Waals surface area (Å²) in [5.41, 5.74) is 1.95. The van der Waals surface area contributed by atoms with Crippen molar-refractivity contribution >= 4 is 11.6 Å². The van der Waals surface area contributed by atoms with Gasteiger partial charge >= 0.3 is 0 Å². The van der Waals surface area contributed by atoms with Crippen molar-refractivity contribution in [1.29, 1.82) is 0 Å². The molecule has 0 bridgehead atoms. The van der Waals surface area contributed by atoms with Crippen molar-refractivity contribution in [2.75, 3.05) is 6.54 Å². The molecule has 6 heteroatoms. The van der Waals surface area contributed by atoms with E-state index in [0.29, 0.717) is 12.1 Å². The van der Waals surface area contributed by atoms with Crippen LogP contribution in [0.2, 0.25) is 5.02 Å². The van der Waals surface area contributed by atoms with Gasteiger partial charge in [0.25, 0.3) is 5.56 Å². The van der Waals surface area contributed by atoms with Crippen molar-refractivity contribution in [3.63, 3.8) is 0 Å². The molecule has 0 atom stereocenters. The minimum atomic E-state index is -0.498. The Bertz CT molecular complexity index is 714. The third-order valence-corrected chi connectivity index (χ3v) is 3.66. The summed E-state index contributed by atoms with van der Waals surface area (Å²) in [5, 5.41) is 7.58. The molecule has 20 heavy (non-hydrogen) atoms. The lowest BCUT2D eigenvalue weighted by atomic mass is 10.1. The maximum Gasteiger partial charge on any atom is 0.267 e. The van der Waals surface area contributed by atoms with Crippen molar-refractivity contribution in [3.8, 4) is 0 Å². The molecule has 4 nitrogen and oxygen atoms in total. The second-order valence-electron chi connectivity index (χ2n) is 4.75. The lowest BCUT2D eigenvalue weighted by Gasteiger charge is -2.17. The van der Waals surface area contributed by atoms with Crippen molar-refractivity contribution in [2.24, 2.45) is 0 Å². The van der Waals surface area contributed by atoms with Gasteiger partial charge in [-0.15, -0.1) is 0 Å². The molecule has 1 aromatic heterocycles. The number of benzene rings is 1. The predicted molar refractivity (Wildman–Crippen MR) is 74.4 cm³/mol. The molecule has 0 aliphatic carbocycles. The monoisotopic (exact) mass is 293 g/mol. The first-order valence-electron chi connectivity index (χ1n) is 6.38. The van der Waals surface area contributed by atoms with Crippen LogP contribution < -0.4 is 10.9 Å². The van der Waals surface area contributed by atoms with Gasteiger partial charge in [0.05, 0.1) is 17.3 Å². The average Bonchev–Trinajstić information content (AvgIpc) is 2.44. The van der Waals surface area contributed by atoms with Crippen LogP contribution in [0.5, 0.6) is 0 Å². The van der Waals surface area contributed by atoms with E-state index in [9.17, 15) is 9.18 Å². The highest BCUT2D eigenvalue weighted by molar-refractivity contribution is 6.30. The van der Waals surface area contributed by atoms with Gasteiger partial charge < -0.3 is 5.32 Å². The number of hydrogen-bond donors (Lipinski definition) is 1. The lowest BCUT2D eigenvalue weighted by molar-refractivity contribution is 0.543. The Morgan fingerprint density at radius 2 is 2.30 bits per heavy atom. The normalized spacial score (nSPS) is 14.1. The molecule has 0 saturated carbocycles. The molecule has 0 fully saturated rings. The molecular weight excluding hydrogens is 281 g/mol. The van der Waals surface area contributed by atoms with Crippen LogP contribution >= 0.6 is 11.6 Å². The van der Waals surface area contributed by atoms with E-state index in [4.69, 9.17) is 11.6 Å². The highest BCUT2D eigenvalue weighted by Gasteiger charge is 2.14. The van der Waals surface area contributed by atoms with Gasteiger partial charge in [-0.05, 0) is 11.6 Å². The van der Waals surface area contributed by atoms with Crippen LogP contribution in [0.3, 0.4) is 0 Å². The van der Waals surface area contributed by atoms with E-state index in [1.165, 1.54) is 10.7 Å². The van der Waals surface area contributed by atoms with Crippen LogP contribution in [-0.4, -0.2) is 16.3 Å². The molecule has 1 N–H and O–H groups in total. The van der Waals surface area contributed by atoms with Gasteiger partial charge in [-0.3, -0.25) is 4.79 Å². The minimum Gasteiger partial charge on any atom is -0.312 e. The van der Waals surface area contributed by atoms with Gasteiger partial charge in [0.1, 0.15) is 5.82 Å². The quantitative estimate of drug-likeness (QED) is 0.917. The highest BCUT2D eigenvalue weighted by atomic mass is 35.5. The molecule has 104 valence electrons. The standard InChI is InChI=1S/C14H13ClFN3O/c15-11-3-1-2-9(14(11)16)8-19-13(20)6-10-7-17-5-4-12(10)18-19/h1-3,6,17H,4-5,7-8H2. The Hall–Kier alpha value is -1.72. The van der Waals surface area contributed by atoms with E-state index in [1.807, 2.05) is 0 Å². The second kappa shape index (κ2) is 5.34. The van der Waals surface area contributed by atoms with E-state index in [0.717, 1.165) is 24.2 Å². The Kier molecular flexibility index (Phi) is 3.54. The molecule has 1 aliphatic rings. The number of nitrogens with zero attached hydrogens (tertiary/aromatic N) is 2. The molecule has 0 saturated heterocycles. The van der Waals surface area contributed by atoms with Crippen LogP contribution in [0.25, 0.3) is 0 Å². The Labute approximate surface area is 120 Å². The van der Waals surface area contributed by atoms with Crippen LogP contribution in [-0.2, 0) is 19.5 Å². The van der Waals surface area contributed by atoms with Gasteiger partial charge in [-0.2, -0.15) is 5.10 Å². The molecule has 1 aromatic carbocycles. The average molecular weight is 294 g/mol. The van der Waals surface area contributed by atoms with E-state index in [1.54, 1.807) is 18.2 Å². The van der Waals surface area contributed by atoms with Crippen LogP contribution in [0.15, 0.2) is 29.1 Å². The van der Waals surface area contributed by atoms with Gasteiger partial charge in [0.2, 0.25) is 0 Å². The molecule has 0 amide bonds. The fourth-order valence-electron chi connectivity index (χ4n) is 2.30. The SMILES string of the molecule is O=c1cc2c(nn1Cc1cccc(Cl)c1F)CCNC2. The first kappa shape index (κ1) is 13.3. The van der Waals surface area contributed by atoms with Crippen molar-refractivity contribution < 1.29 is 4.39 Å². The zero-order valence-electron chi connectivity index (χ0n) is 10.7. The van der Waals surface area contributed by atoms with E-state index in [-0.39, 0.29) is 17.1 Å². The zero-order valence-corrected chi connectivity index (χ0v) is 11.5. The number of halogens is 2. The van der Waals surface area contributed by atoms with Crippen molar-refractivity contribution in [3.05, 3.63) is 62.3 Å².